The van der Waals surface area contributed by atoms with Gasteiger partial charge in [0, 0.05) is 23.7 Å². The highest BCUT2D eigenvalue weighted by atomic mass is 32.1. The summed E-state index contributed by atoms with van der Waals surface area (Å²) in [6.45, 7) is 0.263. The third-order valence-electron chi connectivity index (χ3n) is 2.61. The number of nitrogens with zero attached hydrogens (tertiary/aromatic N) is 1. The van der Waals surface area contributed by atoms with Crippen LogP contribution in [0, 0.1) is 0 Å². The highest BCUT2D eigenvalue weighted by Crippen LogP contribution is 2.33. The van der Waals surface area contributed by atoms with Crippen LogP contribution in [0.2, 0.25) is 0 Å². The van der Waals surface area contributed by atoms with Gasteiger partial charge >= 0.3 is 0 Å². The number of hydrogen-bond donors (Lipinski definition) is 2. The lowest BCUT2D eigenvalue weighted by atomic mass is 10.2. The molecule has 0 atom stereocenters. The first-order chi connectivity index (χ1) is 8.15. The van der Waals surface area contributed by atoms with Crippen molar-refractivity contribution in [1.29, 1.82) is 0 Å². The number of anilines is 1. The van der Waals surface area contributed by atoms with E-state index in [4.69, 9.17) is 10.8 Å². The van der Waals surface area contributed by atoms with Crippen LogP contribution in [0.15, 0.2) is 24.3 Å². The summed E-state index contributed by atoms with van der Waals surface area (Å²) in [5, 5.41) is 9.73. The number of rotatable bonds is 3. The molecular weight excluding hydrogens is 236 g/mol. The van der Waals surface area contributed by atoms with Crippen molar-refractivity contribution in [3.05, 3.63) is 29.1 Å². The fourth-order valence-corrected chi connectivity index (χ4v) is 2.77. The van der Waals surface area contributed by atoms with Crippen LogP contribution in [-0.2, 0) is 0 Å². The van der Waals surface area contributed by atoms with E-state index >= 15 is 0 Å². The third kappa shape index (κ3) is 2.11. The van der Waals surface area contributed by atoms with Gasteiger partial charge < -0.3 is 15.7 Å². The number of fused-ring (bicyclic) bond motifs is 1. The van der Waals surface area contributed by atoms with Crippen molar-refractivity contribution >= 4 is 33.0 Å². The maximum absolute atomic E-state index is 12.1. The number of benzene rings is 1. The van der Waals surface area contributed by atoms with E-state index in [2.05, 4.69) is 0 Å². The lowest BCUT2D eigenvalue weighted by molar-refractivity contribution is 0.0772. The maximum atomic E-state index is 12.1. The summed E-state index contributed by atoms with van der Waals surface area (Å²) in [7, 11) is 1.66. The summed E-state index contributed by atoms with van der Waals surface area (Å²) in [5.41, 5.74) is 6.50. The van der Waals surface area contributed by atoms with Gasteiger partial charge in [-0.3, -0.25) is 4.79 Å². The maximum Gasteiger partial charge on any atom is 0.265 e. The van der Waals surface area contributed by atoms with Crippen molar-refractivity contribution in [2.24, 2.45) is 0 Å². The van der Waals surface area contributed by atoms with Crippen molar-refractivity contribution in [1.82, 2.24) is 4.90 Å². The fraction of sp³-hybridized carbons (Fsp3) is 0.250. The summed E-state index contributed by atoms with van der Waals surface area (Å²) in [5.74, 6) is -0.141. The molecule has 17 heavy (non-hydrogen) atoms. The van der Waals surface area contributed by atoms with E-state index in [0.717, 1.165) is 10.1 Å². The Bertz CT molecular complexity index is 550. The van der Waals surface area contributed by atoms with E-state index in [1.54, 1.807) is 7.05 Å². The Morgan fingerprint density at radius 3 is 2.82 bits per heavy atom. The lowest BCUT2D eigenvalue weighted by Gasteiger charge is -2.14. The smallest absolute Gasteiger partial charge is 0.265 e. The topological polar surface area (TPSA) is 66.6 Å². The molecule has 0 fully saturated rings. The zero-order valence-corrected chi connectivity index (χ0v) is 10.3. The summed E-state index contributed by atoms with van der Waals surface area (Å²) in [4.78, 5) is 14.1. The molecule has 1 heterocycles. The minimum atomic E-state index is -0.141. The molecule has 90 valence electrons. The second-order valence-corrected chi connectivity index (χ2v) is 4.84. The van der Waals surface area contributed by atoms with E-state index in [9.17, 15) is 4.79 Å². The van der Waals surface area contributed by atoms with Crippen molar-refractivity contribution in [3.63, 3.8) is 0 Å². The molecule has 0 unspecified atom stereocenters. The van der Waals surface area contributed by atoms with Gasteiger partial charge in [0.15, 0.2) is 0 Å². The molecule has 0 aliphatic carbocycles. The monoisotopic (exact) mass is 250 g/mol. The number of carbonyl (C=O) groups is 1. The average molecular weight is 250 g/mol. The van der Waals surface area contributed by atoms with Crippen LogP contribution < -0.4 is 5.73 Å². The number of likely N-dealkylation sites (N-methyl/N-ethyl adjacent to an activating group) is 1. The van der Waals surface area contributed by atoms with Gasteiger partial charge in [0.25, 0.3) is 5.91 Å². The highest BCUT2D eigenvalue weighted by molar-refractivity contribution is 7.21. The molecule has 2 rings (SSSR count). The first kappa shape index (κ1) is 11.9. The number of aliphatic hydroxyl groups excluding tert-OH is 1. The summed E-state index contributed by atoms with van der Waals surface area (Å²) in [6, 6.07) is 7.67. The van der Waals surface area contributed by atoms with Gasteiger partial charge in [0.2, 0.25) is 0 Å². The van der Waals surface area contributed by atoms with Gasteiger partial charge in [-0.1, -0.05) is 18.2 Å². The van der Waals surface area contributed by atoms with Crippen molar-refractivity contribution in [2.75, 3.05) is 25.9 Å². The summed E-state index contributed by atoms with van der Waals surface area (Å²) < 4.78 is 1.01. The molecule has 1 amide bonds. The number of carbonyl (C=O) groups excluding carboxylic acids is 1. The summed E-state index contributed by atoms with van der Waals surface area (Å²) >= 11 is 1.39. The minimum absolute atomic E-state index is 0.0486. The fourth-order valence-electron chi connectivity index (χ4n) is 1.65. The van der Waals surface area contributed by atoms with E-state index in [1.807, 2.05) is 24.3 Å². The number of hydrogen-bond acceptors (Lipinski definition) is 4. The molecule has 0 saturated heterocycles. The number of thiophene rings is 1. The Hall–Kier alpha value is -1.59. The zero-order valence-electron chi connectivity index (χ0n) is 9.51. The summed E-state index contributed by atoms with van der Waals surface area (Å²) in [6.07, 6.45) is 0. The molecule has 0 aliphatic rings. The van der Waals surface area contributed by atoms with Crippen LogP contribution in [0.3, 0.4) is 0 Å². The largest absolute Gasteiger partial charge is 0.397 e. The molecule has 0 radical (unpaired) electrons. The molecule has 3 N–H and O–H groups in total. The molecule has 0 saturated carbocycles. The normalized spacial score (nSPS) is 10.7. The van der Waals surface area contributed by atoms with Gasteiger partial charge in [0.05, 0.1) is 12.3 Å². The Balaban J connectivity index is 2.42. The molecular formula is C12H14N2O2S. The number of nitrogens with two attached hydrogens (primary N) is 1. The van der Waals surface area contributed by atoms with E-state index in [-0.39, 0.29) is 12.5 Å². The van der Waals surface area contributed by atoms with E-state index in [0.29, 0.717) is 17.1 Å². The van der Waals surface area contributed by atoms with Crippen LogP contribution in [-0.4, -0.2) is 36.1 Å². The van der Waals surface area contributed by atoms with Gasteiger partial charge in [-0.25, -0.2) is 0 Å². The molecule has 5 heteroatoms. The van der Waals surface area contributed by atoms with Crippen molar-refractivity contribution in [2.45, 2.75) is 0 Å². The molecule has 0 aliphatic heterocycles. The Morgan fingerprint density at radius 2 is 2.18 bits per heavy atom. The van der Waals surface area contributed by atoms with Crippen LogP contribution in [0.4, 0.5) is 5.69 Å². The van der Waals surface area contributed by atoms with Crippen LogP contribution in [0.25, 0.3) is 10.1 Å². The van der Waals surface area contributed by atoms with Crippen molar-refractivity contribution in [3.8, 4) is 0 Å². The molecule has 4 nitrogen and oxygen atoms in total. The second-order valence-electron chi connectivity index (χ2n) is 3.79. The van der Waals surface area contributed by atoms with Gasteiger partial charge in [0.1, 0.15) is 4.88 Å². The Labute approximate surface area is 103 Å². The van der Waals surface area contributed by atoms with Crippen molar-refractivity contribution < 1.29 is 9.90 Å². The third-order valence-corrected chi connectivity index (χ3v) is 3.78. The Morgan fingerprint density at radius 1 is 1.47 bits per heavy atom. The van der Waals surface area contributed by atoms with Crippen LogP contribution in [0.5, 0.6) is 0 Å². The van der Waals surface area contributed by atoms with Gasteiger partial charge in [-0.15, -0.1) is 11.3 Å². The second kappa shape index (κ2) is 4.73. The SMILES string of the molecule is CN(CCO)C(=O)c1sc2ccccc2c1N. The number of nitrogen functional groups attached to an aromatic ring is 1. The van der Waals surface area contributed by atoms with E-state index in [1.165, 1.54) is 16.2 Å². The zero-order chi connectivity index (χ0) is 12.4. The molecule has 2 aromatic rings. The molecule has 0 spiro atoms. The predicted molar refractivity (Wildman–Crippen MR) is 70.3 cm³/mol. The molecule has 0 bridgehead atoms. The first-order valence-electron chi connectivity index (χ1n) is 5.28. The quantitative estimate of drug-likeness (QED) is 0.868. The Kier molecular flexibility index (Phi) is 3.31. The minimum Gasteiger partial charge on any atom is -0.397 e. The average Bonchev–Trinajstić information content (AvgIpc) is 2.67. The number of amides is 1. The highest BCUT2D eigenvalue weighted by Gasteiger charge is 2.18. The standard InChI is InChI=1S/C12H14N2O2S/c1-14(6-7-15)12(16)11-10(13)8-4-2-3-5-9(8)17-11/h2-5,15H,6-7,13H2,1H3. The van der Waals surface area contributed by atoms with Gasteiger partial charge in [-0.2, -0.15) is 0 Å². The van der Waals surface area contributed by atoms with E-state index < -0.39 is 0 Å². The lowest BCUT2D eigenvalue weighted by Crippen LogP contribution is -2.29. The van der Waals surface area contributed by atoms with Crippen LogP contribution in [0.1, 0.15) is 9.67 Å². The first-order valence-corrected chi connectivity index (χ1v) is 6.10. The van der Waals surface area contributed by atoms with Gasteiger partial charge in [-0.05, 0) is 6.07 Å². The van der Waals surface area contributed by atoms with Crippen LogP contribution >= 0.6 is 11.3 Å². The molecule has 1 aromatic heterocycles. The number of aliphatic hydroxyl groups is 1. The predicted octanol–water partition coefficient (Wildman–Crippen LogP) is 1.55. The molecule has 1 aromatic carbocycles.